The fourth-order valence-electron chi connectivity index (χ4n) is 2.62. The summed E-state index contributed by atoms with van der Waals surface area (Å²) in [5.74, 6) is -0.542. The Labute approximate surface area is 119 Å². The monoisotopic (exact) mass is 300 g/mol. The lowest BCUT2D eigenvalue weighted by atomic mass is 9.96. The minimum absolute atomic E-state index is 0.0170. The van der Waals surface area contributed by atoms with E-state index in [2.05, 4.69) is 17.0 Å². The molecule has 0 aromatic heterocycles. The average molecular weight is 300 g/mol. The first-order valence-electron chi connectivity index (χ1n) is 6.84. The highest BCUT2D eigenvalue weighted by Crippen LogP contribution is 2.20. The summed E-state index contributed by atoms with van der Waals surface area (Å²) in [4.78, 5) is 0.0170. The molecule has 2 rings (SSSR count). The van der Waals surface area contributed by atoms with Gasteiger partial charge in [-0.25, -0.2) is 17.5 Å². The topological polar surface area (TPSA) is 58.2 Å². The standard InChI is InChI=1S/C14H21FN2O2S/c1-9-4-6-12(15)8-14(9)20(18,19)17-13-7-5-10(2)16-11(13)3/h4,6,8,10-11,13,16-17H,5,7H2,1-3H3. The van der Waals surface area contributed by atoms with E-state index in [0.29, 0.717) is 11.6 Å². The predicted molar refractivity (Wildman–Crippen MR) is 76.5 cm³/mol. The van der Waals surface area contributed by atoms with Gasteiger partial charge in [-0.2, -0.15) is 0 Å². The normalized spacial score (nSPS) is 27.5. The van der Waals surface area contributed by atoms with Crippen LogP contribution in [0.2, 0.25) is 0 Å². The zero-order chi connectivity index (χ0) is 14.9. The maximum atomic E-state index is 13.3. The van der Waals surface area contributed by atoms with E-state index >= 15 is 0 Å². The van der Waals surface area contributed by atoms with Crippen LogP contribution in [0.15, 0.2) is 23.1 Å². The quantitative estimate of drug-likeness (QED) is 0.897. The molecule has 1 aliphatic heterocycles. The molecular weight excluding hydrogens is 279 g/mol. The summed E-state index contributed by atoms with van der Waals surface area (Å²) in [6.45, 7) is 5.71. The first-order valence-corrected chi connectivity index (χ1v) is 8.32. The van der Waals surface area contributed by atoms with E-state index in [1.54, 1.807) is 6.92 Å². The third kappa shape index (κ3) is 3.37. The van der Waals surface area contributed by atoms with Crippen molar-refractivity contribution in [1.29, 1.82) is 0 Å². The lowest BCUT2D eigenvalue weighted by Crippen LogP contribution is -2.54. The molecule has 3 unspecified atom stereocenters. The van der Waals surface area contributed by atoms with Crippen LogP contribution in [-0.4, -0.2) is 26.5 Å². The van der Waals surface area contributed by atoms with Crippen molar-refractivity contribution in [1.82, 2.24) is 10.0 Å². The molecule has 3 atom stereocenters. The molecule has 0 spiro atoms. The molecule has 0 aliphatic carbocycles. The summed E-state index contributed by atoms with van der Waals surface area (Å²) in [6.07, 6.45) is 1.70. The summed E-state index contributed by atoms with van der Waals surface area (Å²) in [7, 11) is -3.69. The first-order chi connectivity index (χ1) is 9.29. The van der Waals surface area contributed by atoms with E-state index in [-0.39, 0.29) is 17.0 Å². The van der Waals surface area contributed by atoms with E-state index in [9.17, 15) is 12.8 Å². The maximum absolute atomic E-state index is 13.3. The number of nitrogens with one attached hydrogen (secondary N) is 2. The fraction of sp³-hybridized carbons (Fsp3) is 0.571. The fourth-order valence-corrected chi connectivity index (χ4v) is 4.22. The van der Waals surface area contributed by atoms with Crippen LogP contribution in [0.4, 0.5) is 4.39 Å². The molecule has 20 heavy (non-hydrogen) atoms. The number of hydrogen-bond acceptors (Lipinski definition) is 3. The van der Waals surface area contributed by atoms with Gasteiger partial charge < -0.3 is 5.32 Å². The van der Waals surface area contributed by atoms with Gasteiger partial charge in [0.1, 0.15) is 5.82 Å². The Hall–Kier alpha value is -0.980. The number of rotatable bonds is 3. The molecule has 1 aromatic carbocycles. The lowest BCUT2D eigenvalue weighted by molar-refractivity contribution is 0.297. The minimum atomic E-state index is -3.69. The number of halogens is 1. The number of benzene rings is 1. The van der Waals surface area contributed by atoms with Crippen LogP contribution in [0, 0.1) is 12.7 Å². The largest absolute Gasteiger partial charge is 0.310 e. The van der Waals surface area contributed by atoms with Crippen LogP contribution in [0.25, 0.3) is 0 Å². The molecule has 2 N–H and O–H groups in total. The van der Waals surface area contributed by atoms with Crippen molar-refractivity contribution in [3.63, 3.8) is 0 Å². The lowest BCUT2D eigenvalue weighted by Gasteiger charge is -2.34. The van der Waals surface area contributed by atoms with Gasteiger partial charge >= 0.3 is 0 Å². The van der Waals surface area contributed by atoms with Gasteiger partial charge in [-0.15, -0.1) is 0 Å². The Morgan fingerprint density at radius 1 is 1.30 bits per heavy atom. The Balaban J connectivity index is 2.21. The minimum Gasteiger partial charge on any atom is -0.310 e. The second kappa shape index (κ2) is 5.79. The Bertz CT molecular complexity index is 589. The first kappa shape index (κ1) is 15.4. The molecule has 6 heteroatoms. The molecule has 0 amide bonds. The van der Waals surface area contributed by atoms with Crippen molar-refractivity contribution < 1.29 is 12.8 Å². The molecule has 1 aliphatic rings. The highest BCUT2D eigenvalue weighted by atomic mass is 32.2. The van der Waals surface area contributed by atoms with Crippen LogP contribution in [-0.2, 0) is 10.0 Å². The van der Waals surface area contributed by atoms with Gasteiger partial charge in [0.2, 0.25) is 10.0 Å². The summed E-state index contributed by atoms with van der Waals surface area (Å²) in [6, 6.07) is 4.10. The zero-order valence-electron chi connectivity index (χ0n) is 12.0. The smallest absolute Gasteiger partial charge is 0.241 e. The Morgan fingerprint density at radius 3 is 2.65 bits per heavy atom. The maximum Gasteiger partial charge on any atom is 0.241 e. The van der Waals surface area contributed by atoms with Gasteiger partial charge in [0.15, 0.2) is 0 Å². The third-order valence-electron chi connectivity index (χ3n) is 3.81. The number of hydrogen-bond donors (Lipinski definition) is 2. The van der Waals surface area contributed by atoms with Crippen molar-refractivity contribution in [3.05, 3.63) is 29.6 Å². The number of sulfonamides is 1. The summed E-state index contributed by atoms with van der Waals surface area (Å²) in [5, 5.41) is 3.33. The molecule has 0 saturated carbocycles. The van der Waals surface area contributed by atoms with Crippen LogP contribution in [0.1, 0.15) is 32.3 Å². The van der Waals surface area contributed by atoms with E-state index < -0.39 is 15.8 Å². The van der Waals surface area contributed by atoms with Gasteiger partial charge in [0.05, 0.1) is 4.90 Å². The molecule has 1 fully saturated rings. The molecule has 1 aromatic rings. The second-order valence-corrected chi connectivity index (χ2v) is 7.25. The van der Waals surface area contributed by atoms with Gasteiger partial charge in [-0.1, -0.05) is 6.07 Å². The third-order valence-corrected chi connectivity index (χ3v) is 5.44. The van der Waals surface area contributed by atoms with Gasteiger partial charge in [-0.05, 0) is 51.3 Å². The van der Waals surface area contributed by atoms with Crippen molar-refractivity contribution in [3.8, 4) is 0 Å². The van der Waals surface area contributed by atoms with Crippen molar-refractivity contribution >= 4 is 10.0 Å². The van der Waals surface area contributed by atoms with Crippen molar-refractivity contribution in [2.75, 3.05) is 0 Å². The van der Waals surface area contributed by atoms with Gasteiger partial charge in [-0.3, -0.25) is 0 Å². The molecule has 1 heterocycles. The number of piperidine rings is 1. The summed E-state index contributed by atoms with van der Waals surface area (Å²) < 4.78 is 40.8. The zero-order valence-corrected chi connectivity index (χ0v) is 12.8. The van der Waals surface area contributed by atoms with E-state index in [1.807, 2.05) is 6.92 Å². The second-order valence-electron chi connectivity index (χ2n) is 5.57. The molecule has 0 radical (unpaired) electrons. The molecule has 0 bridgehead atoms. The van der Waals surface area contributed by atoms with E-state index in [4.69, 9.17) is 0 Å². The van der Waals surface area contributed by atoms with Crippen LogP contribution in [0.3, 0.4) is 0 Å². The molecule has 4 nitrogen and oxygen atoms in total. The summed E-state index contributed by atoms with van der Waals surface area (Å²) >= 11 is 0. The predicted octanol–water partition coefficient (Wildman–Crippen LogP) is 1.94. The van der Waals surface area contributed by atoms with Gasteiger partial charge in [0.25, 0.3) is 0 Å². The highest BCUT2D eigenvalue weighted by Gasteiger charge is 2.29. The average Bonchev–Trinajstić information content (AvgIpc) is 2.35. The van der Waals surface area contributed by atoms with Crippen LogP contribution < -0.4 is 10.0 Å². The Morgan fingerprint density at radius 2 is 2.00 bits per heavy atom. The van der Waals surface area contributed by atoms with Gasteiger partial charge in [0, 0.05) is 18.1 Å². The van der Waals surface area contributed by atoms with Crippen LogP contribution in [0.5, 0.6) is 0 Å². The van der Waals surface area contributed by atoms with Crippen molar-refractivity contribution in [2.24, 2.45) is 0 Å². The number of aryl methyl sites for hydroxylation is 1. The van der Waals surface area contributed by atoms with Crippen LogP contribution >= 0.6 is 0 Å². The summed E-state index contributed by atoms with van der Waals surface area (Å²) in [5.41, 5.74) is 0.545. The van der Waals surface area contributed by atoms with E-state index in [1.165, 1.54) is 12.1 Å². The van der Waals surface area contributed by atoms with E-state index in [0.717, 1.165) is 18.9 Å². The highest BCUT2D eigenvalue weighted by molar-refractivity contribution is 7.89. The molecule has 112 valence electrons. The molecular formula is C14H21FN2O2S. The van der Waals surface area contributed by atoms with Crippen molar-refractivity contribution in [2.45, 2.75) is 56.6 Å². The Kier molecular flexibility index (Phi) is 4.46. The molecule has 1 saturated heterocycles. The SMILES string of the molecule is Cc1ccc(F)cc1S(=O)(=O)NC1CCC(C)NC1C.